The third-order valence-electron chi connectivity index (χ3n) is 10.8. The van der Waals surface area contributed by atoms with Gasteiger partial charge in [-0.05, 0) is 82.9 Å². The van der Waals surface area contributed by atoms with Crippen LogP contribution < -0.4 is 11.3 Å². The zero-order valence-electron chi connectivity index (χ0n) is 36.9. The van der Waals surface area contributed by atoms with Gasteiger partial charge in [0, 0.05) is 47.4 Å². The molecule has 3 heterocycles. The summed E-state index contributed by atoms with van der Waals surface area (Å²) in [6, 6.07) is 36.6. The highest BCUT2D eigenvalue weighted by Gasteiger charge is 2.36. The van der Waals surface area contributed by atoms with Crippen molar-refractivity contribution in [3.8, 4) is 68.0 Å². The first-order valence-corrected chi connectivity index (χ1v) is 24.5. The lowest BCUT2D eigenvalue weighted by atomic mass is 10.0. The van der Waals surface area contributed by atoms with Crippen molar-refractivity contribution >= 4 is 25.6 Å². The molecule has 9 rings (SSSR count). The van der Waals surface area contributed by atoms with Gasteiger partial charge >= 0.3 is 12.4 Å². The topological polar surface area (TPSA) is 198 Å². The van der Waals surface area contributed by atoms with Crippen LogP contribution in [0.5, 0.6) is 0 Å². The van der Waals surface area contributed by atoms with Gasteiger partial charge in [0.15, 0.2) is 19.7 Å². The van der Waals surface area contributed by atoms with Crippen LogP contribution in [-0.2, 0) is 32.0 Å². The molecule has 3 aromatic heterocycles. The second-order valence-corrected chi connectivity index (χ2v) is 19.7. The van der Waals surface area contributed by atoms with Crippen molar-refractivity contribution in [2.24, 2.45) is 5.84 Å². The molecule has 0 atom stereocenters. The van der Waals surface area contributed by atoms with Crippen molar-refractivity contribution in [2.45, 2.75) is 22.1 Å². The molecule has 0 radical (unpaired) electrons. The van der Waals surface area contributed by atoms with Gasteiger partial charge in [-0.2, -0.15) is 26.3 Å². The van der Waals surface area contributed by atoms with Gasteiger partial charge in [0.25, 0.3) is 11.8 Å². The Morgan fingerprint density at radius 2 is 1.03 bits per heavy atom. The number of carbonyl (C=O) groups excluding carboxylic acids is 1. The number of rotatable bonds is 10. The lowest BCUT2D eigenvalue weighted by molar-refractivity contribution is -0.137. The summed E-state index contributed by atoms with van der Waals surface area (Å²) in [6.07, 6.45) is -3.06. The van der Waals surface area contributed by atoms with Crippen LogP contribution in [0.25, 0.3) is 68.0 Å². The highest BCUT2D eigenvalue weighted by molar-refractivity contribution is 7.91. The number of aromatic nitrogens is 6. The van der Waals surface area contributed by atoms with Crippen molar-refractivity contribution in [2.75, 3.05) is 12.5 Å². The van der Waals surface area contributed by atoms with Gasteiger partial charge in [-0.3, -0.25) is 19.4 Å². The maximum Gasteiger partial charge on any atom is 0.417 e. The second-order valence-electron chi connectivity index (χ2n) is 15.6. The Labute approximate surface area is 400 Å². The molecule has 22 heteroatoms. The summed E-state index contributed by atoms with van der Waals surface area (Å²) in [5.74, 6) is 4.45. The van der Waals surface area contributed by atoms with Gasteiger partial charge in [0.2, 0.25) is 6.39 Å². The Balaban J connectivity index is 0.000000191. The number of nitrogens with one attached hydrogen (secondary N) is 1. The molecule has 0 saturated carbocycles. The summed E-state index contributed by atoms with van der Waals surface area (Å²) in [5, 5.41) is 7.44. The zero-order chi connectivity index (χ0) is 50.9. The maximum atomic E-state index is 13.8. The van der Waals surface area contributed by atoms with Crippen molar-refractivity contribution in [3.05, 3.63) is 181 Å². The Morgan fingerprint density at radius 1 is 0.577 bits per heavy atom. The quantitative estimate of drug-likeness (QED) is 0.0572. The number of hydrogen-bond acceptors (Lipinski definition) is 11. The van der Waals surface area contributed by atoms with Gasteiger partial charge < -0.3 is 4.42 Å². The SMILES string of the molecule is CS(=O)(=O)c1cccc(-c2ccc(-n3cc(-c4nnco4)nc3-c3ccccc3C(F)(F)F)cc2)c1.CS(=O)(=O)c1cccc(-c2ccc(-n3cc(C(=O)NN)nc3-c3ccccc3C(F)(F)F)cc2)c1. The number of imidazole rings is 2. The Hall–Kier alpha value is -8.21. The molecule has 71 heavy (non-hydrogen) atoms. The number of amides is 1. The van der Waals surface area contributed by atoms with Crippen LogP contribution >= 0.6 is 0 Å². The molecule has 1 amide bonds. The van der Waals surface area contributed by atoms with Crippen LogP contribution in [0, 0.1) is 0 Å². The lowest BCUT2D eigenvalue weighted by Gasteiger charge is -2.14. The maximum absolute atomic E-state index is 13.8. The minimum atomic E-state index is -4.64. The number of benzene rings is 6. The number of hydrogen-bond donors (Lipinski definition) is 2. The highest BCUT2D eigenvalue weighted by atomic mass is 32.2. The molecule has 14 nitrogen and oxygen atoms in total. The van der Waals surface area contributed by atoms with Crippen molar-refractivity contribution in [1.82, 2.24) is 34.7 Å². The van der Waals surface area contributed by atoms with E-state index in [1.54, 1.807) is 78.9 Å². The number of sulfone groups is 2. The van der Waals surface area contributed by atoms with E-state index in [4.69, 9.17) is 10.3 Å². The molecule has 0 bridgehead atoms. The van der Waals surface area contributed by atoms with Gasteiger partial charge in [-0.25, -0.2) is 32.6 Å². The molecular formula is C49H36F6N8O6S2. The van der Waals surface area contributed by atoms with E-state index in [0.29, 0.717) is 28.1 Å². The predicted molar refractivity (Wildman–Crippen MR) is 250 cm³/mol. The third kappa shape index (κ3) is 10.8. The molecule has 0 aliphatic carbocycles. The predicted octanol–water partition coefficient (Wildman–Crippen LogP) is 9.91. The normalized spacial score (nSPS) is 12.0. The summed E-state index contributed by atoms with van der Waals surface area (Å²) in [4.78, 5) is 21.0. The molecule has 0 spiro atoms. The molecule has 0 unspecified atom stereocenters. The summed E-state index contributed by atoms with van der Waals surface area (Å²) >= 11 is 0. The summed E-state index contributed by atoms with van der Waals surface area (Å²) in [7, 11) is -6.78. The fourth-order valence-corrected chi connectivity index (χ4v) is 8.73. The van der Waals surface area contributed by atoms with Crippen molar-refractivity contribution < 1.29 is 52.4 Å². The number of hydrazine groups is 1. The van der Waals surface area contributed by atoms with E-state index in [0.717, 1.165) is 36.6 Å². The first kappa shape index (κ1) is 49.2. The van der Waals surface area contributed by atoms with Crippen LogP contribution in [0.3, 0.4) is 0 Å². The molecule has 6 aromatic carbocycles. The monoisotopic (exact) mass is 1010 g/mol. The molecule has 0 aliphatic heterocycles. The molecule has 0 saturated heterocycles. The lowest BCUT2D eigenvalue weighted by Crippen LogP contribution is -2.30. The minimum absolute atomic E-state index is 0.0444. The number of nitrogens with zero attached hydrogens (tertiary/aromatic N) is 6. The number of carbonyl (C=O) groups is 1. The largest absolute Gasteiger partial charge is 0.422 e. The smallest absolute Gasteiger partial charge is 0.417 e. The van der Waals surface area contributed by atoms with E-state index < -0.39 is 49.1 Å². The summed E-state index contributed by atoms with van der Waals surface area (Å²) < 4.78 is 138. The van der Waals surface area contributed by atoms with E-state index in [-0.39, 0.29) is 49.8 Å². The number of nitrogens with two attached hydrogens (primary N) is 1. The molecule has 3 N–H and O–H groups in total. The molecule has 0 fully saturated rings. The average molecular weight is 1010 g/mol. The average Bonchev–Trinajstić information content (AvgIpc) is 4.15. The molecule has 362 valence electrons. The van der Waals surface area contributed by atoms with Crippen LogP contribution in [0.15, 0.2) is 179 Å². The highest BCUT2D eigenvalue weighted by Crippen LogP contribution is 2.40. The van der Waals surface area contributed by atoms with E-state index in [2.05, 4.69) is 20.2 Å². The van der Waals surface area contributed by atoms with Gasteiger partial charge in [-0.15, -0.1) is 10.2 Å². The minimum Gasteiger partial charge on any atom is -0.422 e. The Morgan fingerprint density at radius 3 is 1.45 bits per heavy atom. The van der Waals surface area contributed by atoms with Gasteiger partial charge in [0.1, 0.15) is 23.0 Å². The van der Waals surface area contributed by atoms with Crippen molar-refractivity contribution in [1.29, 1.82) is 0 Å². The zero-order valence-corrected chi connectivity index (χ0v) is 38.5. The fraction of sp³-hybridized carbons (Fsp3) is 0.0816. The van der Waals surface area contributed by atoms with E-state index in [1.165, 1.54) is 76.1 Å². The Bertz CT molecular complexity index is 3630. The molecule has 9 aromatic rings. The van der Waals surface area contributed by atoms with E-state index >= 15 is 0 Å². The van der Waals surface area contributed by atoms with Gasteiger partial charge in [0.05, 0.1) is 20.9 Å². The molecular weight excluding hydrogens is 975 g/mol. The Kier molecular flexibility index (Phi) is 13.4. The van der Waals surface area contributed by atoms with Gasteiger partial charge in [-0.1, -0.05) is 84.9 Å². The number of alkyl halides is 6. The third-order valence-corrected chi connectivity index (χ3v) is 13.0. The standard InChI is InChI=1S/C25H17F3N4O3S.C24H19F3N4O3S/c1-36(33,34)19-6-4-5-17(13-19)16-9-11-18(12-10-16)32-14-22(24-31-29-15-35-24)30-23(32)20-7-2-3-8-21(20)25(26,27)28;1-35(33,34)18-6-4-5-16(13-18)15-9-11-17(12-10-15)31-14-21(23(32)30-28)29-22(31)19-7-2-3-8-20(19)24(25,26)27/h2-15H,1H3;2-14H,28H2,1H3,(H,30,32). The van der Waals surface area contributed by atoms with E-state index in [1.807, 2.05) is 5.43 Å². The first-order chi connectivity index (χ1) is 33.6. The first-order valence-electron chi connectivity index (χ1n) is 20.7. The van der Waals surface area contributed by atoms with E-state index in [9.17, 15) is 48.0 Å². The van der Waals surface area contributed by atoms with Crippen molar-refractivity contribution in [3.63, 3.8) is 0 Å². The van der Waals surface area contributed by atoms with Crippen LogP contribution in [0.4, 0.5) is 26.3 Å². The summed E-state index contributed by atoms with van der Waals surface area (Å²) in [5.41, 5.74) is 3.66. The molecule has 0 aliphatic rings. The van der Waals surface area contributed by atoms with Crippen LogP contribution in [0.1, 0.15) is 21.6 Å². The summed E-state index contributed by atoms with van der Waals surface area (Å²) in [6.45, 7) is 0. The van der Waals surface area contributed by atoms with Crippen LogP contribution in [0.2, 0.25) is 0 Å². The second kappa shape index (κ2) is 19.3. The van der Waals surface area contributed by atoms with Crippen LogP contribution in [-0.4, -0.2) is 64.6 Å². The fourth-order valence-electron chi connectivity index (χ4n) is 7.40. The number of halogens is 6. The number of nitrogen functional groups attached to an aromatic ring is 1.